The van der Waals surface area contributed by atoms with Crippen molar-refractivity contribution in [3.63, 3.8) is 0 Å². The molecule has 0 fully saturated rings. The number of nitrogens with two attached hydrogens (primary N) is 1. The van der Waals surface area contributed by atoms with Crippen molar-refractivity contribution in [1.29, 1.82) is 0 Å². The summed E-state index contributed by atoms with van der Waals surface area (Å²) in [7, 11) is -4.39. The van der Waals surface area contributed by atoms with Crippen LogP contribution in [0.3, 0.4) is 0 Å². The van der Waals surface area contributed by atoms with Crippen molar-refractivity contribution < 1.29 is 37.6 Å². The van der Waals surface area contributed by atoms with Crippen LogP contribution in [0.25, 0.3) is 0 Å². The number of ether oxygens (including phenoxy) is 2. The highest BCUT2D eigenvalue weighted by molar-refractivity contribution is 7.47. The largest absolute Gasteiger partial charge is 0.472 e. The van der Waals surface area contributed by atoms with Gasteiger partial charge in [0, 0.05) is 19.4 Å². The number of esters is 2. The van der Waals surface area contributed by atoms with E-state index in [0.717, 1.165) is 44.9 Å². The number of carbonyl (C=O) groups excluding carboxylic acids is 2. The molecule has 0 saturated carbocycles. The Morgan fingerprint density at radius 1 is 0.577 bits per heavy atom. The molecular formula is C42H74NO8P. The summed E-state index contributed by atoms with van der Waals surface area (Å²) in [6, 6.07) is 0. The molecule has 2 atom stereocenters. The van der Waals surface area contributed by atoms with Crippen LogP contribution in [0.15, 0.2) is 60.8 Å². The maximum absolute atomic E-state index is 12.5. The van der Waals surface area contributed by atoms with Crippen LogP contribution in [0, 0.1) is 0 Å². The Labute approximate surface area is 317 Å². The van der Waals surface area contributed by atoms with Gasteiger partial charge < -0.3 is 20.1 Å². The van der Waals surface area contributed by atoms with Crippen molar-refractivity contribution in [2.45, 2.75) is 168 Å². The van der Waals surface area contributed by atoms with E-state index in [0.29, 0.717) is 12.8 Å². The molecule has 300 valence electrons. The molecule has 0 saturated heterocycles. The molecule has 0 aromatic carbocycles. The van der Waals surface area contributed by atoms with Crippen LogP contribution in [0.2, 0.25) is 0 Å². The molecule has 0 heterocycles. The Morgan fingerprint density at radius 2 is 1.04 bits per heavy atom. The molecule has 3 N–H and O–H groups in total. The fraction of sp³-hybridized carbons (Fsp3) is 0.714. The summed E-state index contributed by atoms with van der Waals surface area (Å²) in [5.74, 6) is -0.928. The van der Waals surface area contributed by atoms with E-state index in [2.05, 4.69) is 62.5 Å². The summed E-state index contributed by atoms with van der Waals surface area (Å²) in [5, 5.41) is 0. The average Bonchev–Trinajstić information content (AvgIpc) is 3.13. The van der Waals surface area contributed by atoms with E-state index in [-0.39, 0.29) is 32.6 Å². The van der Waals surface area contributed by atoms with Gasteiger partial charge >= 0.3 is 19.8 Å². The maximum Gasteiger partial charge on any atom is 0.472 e. The van der Waals surface area contributed by atoms with Crippen LogP contribution < -0.4 is 5.73 Å². The minimum atomic E-state index is -4.39. The quantitative estimate of drug-likeness (QED) is 0.0275. The number of rotatable bonds is 37. The van der Waals surface area contributed by atoms with E-state index in [9.17, 15) is 19.0 Å². The predicted molar refractivity (Wildman–Crippen MR) is 215 cm³/mol. The third kappa shape index (κ3) is 37.5. The molecule has 0 aromatic rings. The van der Waals surface area contributed by atoms with Crippen LogP contribution in [0.1, 0.15) is 162 Å². The minimum Gasteiger partial charge on any atom is -0.462 e. The molecule has 0 spiro atoms. The van der Waals surface area contributed by atoms with Crippen LogP contribution in [0.5, 0.6) is 0 Å². The van der Waals surface area contributed by atoms with E-state index in [1.54, 1.807) is 0 Å². The van der Waals surface area contributed by atoms with Gasteiger partial charge in [0.25, 0.3) is 0 Å². The van der Waals surface area contributed by atoms with Gasteiger partial charge in [0.15, 0.2) is 6.10 Å². The molecule has 0 aliphatic carbocycles. The Hall–Kier alpha value is -2.29. The van der Waals surface area contributed by atoms with E-state index in [1.165, 1.54) is 77.0 Å². The molecule has 0 amide bonds. The van der Waals surface area contributed by atoms with Gasteiger partial charge in [-0.3, -0.25) is 18.6 Å². The lowest BCUT2D eigenvalue weighted by atomic mass is 10.0. The van der Waals surface area contributed by atoms with E-state index < -0.39 is 32.5 Å². The number of hydrogen-bond acceptors (Lipinski definition) is 8. The van der Waals surface area contributed by atoms with Crippen molar-refractivity contribution in [2.24, 2.45) is 5.73 Å². The van der Waals surface area contributed by atoms with Crippen LogP contribution >= 0.6 is 7.82 Å². The van der Waals surface area contributed by atoms with E-state index in [1.807, 2.05) is 12.2 Å². The molecule has 0 aliphatic heterocycles. The Morgan fingerprint density at radius 3 is 1.56 bits per heavy atom. The molecule has 9 nitrogen and oxygen atoms in total. The SMILES string of the molecule is CCCCCC=CCC=CCC=CCC=CCC=CCCC(=O)OC[C@H](COP(=O)(O)OCCN)OC(=O)CCCCCCCCCCCCCC. The molecule has 1 unspecified atom stereocenters. The summed E-state index contributed by atoms with van der Waals surface area (Å²) in [5.41, 5.74) is 5.33. The van der Waals surface area contributed by atoms with Crippen molar-refractivity contribution in [2.75, 3.05) is 26.4 Å². The van der Waals surface area contributed by atoms with Gasteiger partial charge in [-0.2, -0.15) is 0 Å². The van der Waals surface area contributed by atoms with Gasteiger partial charge in [-0.05, 0) is 51.4 Å². The van der Waals surface area contributed by atoms with Gasteiger partial charge in [-0.25, -0.2) is 4.57 Å². The first-order chi connectivity index (χ1) is 25.3. The number of allylic oxidation sites excluding steroid dienone is 10. The lowest BCUT2D eigenvalue weighted by molar-refractivity contribution is -0.161. The van der Waals surface area contributed by atoms with Gasteiger partial charge in [0.2, 0.25) is 0 Å². The summed E-state index contributed by atoms with van der Waals surface area (Å²) in [4.78, 5) is 34.7. The minimum absolute atomic E-state index is 0.0427. The van der Waals surface area contributed by atoms with Gasteiger partial charge in [-0.1, -0.05) is 158 Å². The first-order valence-electron chi connectivity index (χ1n) is 20.3. The van der Waals surface area contributed by atoms with Gasteiger partial charge in [0.05, 0.1) is 13.2 Å². The monoisotopic (exact) mass is 752 g/mol. The molecular weight excluding hydrogens is 677 g/mol. The number of hydrogen-bond donors (Lipinski definition) is 2. The standard InChI is InChI=1S/C42H74NO8P/c1-3-5-7-9-11-13-15-17-18-19-20-21-22-23-25-26-28-30-32-34-41(44)48-38-40(39-50-52(46,47)49-37-36-43)51-42(45)35-33-31-29-27-24-16-14-12-10-8-6-4-2/h11,13,17-18,20-21,23,25,28,30,40H,3-10,12,14-16,19,22,24,26-27,29,31-39,43H2,1-2H3,(H,46,47)/t40-/m1/s1. The second kappa shape index (κ2) is 38.4. The molecule has 52 heavy (non-hydrogen) atoms. The molecule has 0 radical (unpaired) electrons. The second-order valence-corrected chi connectivity index (χ2v) is 14.6. The highest BCUT2D eigenvalue weighted by Crippen LogP contribution is 2.43. The number of carbonyl (C=O) groups is 2. The summed E-state index contributed by atoms with van der Waals surface area (Å²) < 4.78 is 32.6. The first kappa shape index (κ1) is 49.7. The highest BCUT2D eigenvalue weighted by atomic mass is 31.2. The van der Waals surface area contributed by atoms with Gasteiger partial charge in [-0.15, -0.1) is 0 Å². The Balaban J connectivity index is 4.31. The normalized spacial score (nSPS) is 14.0. The van der Waals surface area contributed by atoms with Gasteiger partial charge in [0.1, 0.15) is 6.61 Å². The zero-order valence-electron chi connectivity index (χ0n) is 32.8. The Bertz CT molecular complexity index is 1040. The van der Waals surface area contributed by atoms with E-state index >= 15 is 0 Å². The maximum atomic E-state index is 12.5. The summed E-state index contributed by atoms with van der Waals surface area (Å²) in [6.07, 6.45) is 44.1. The van der Waals surface area contributed by atoms with Crippen molar-refractivity contribution in [1.82, 2.24) is 0 Å². The van der Waals surface area contributed by atoms with Crippen molar-refractivity contribution >= 4 is 19.8 Å². The van der Waals surface area contributed by atoms with Crippen LogP contribution in [-0.2, 0) is 32.7 Å². The van der Waals surface area contributed by atoms with Crippen molar-refractivity contribution in [3.8, 4) is 0 Å². The lowest BCUT2D eigenvalue weighted by Crippen LogP contribution is -2.29. The Kier molecular flexibility index (Phi) is 36.7. The topological polar surface area (TPSA) is 134 Å². The number of phosphoric acid groups is 1. The summed E-state index contributed by atoms with van der Waals surface area (Å²) in [6.45, 7) is 3.60. The van der Waals surface area contributed by atoms with Crippen LogP contribution in [-0.4, -0.2) is 49.3 Å². The van der Waals surface area contributed by atoms with Crippen LogP contribution in [0.4, 0.5) is 0 Å². The zero-order chi connectivity index (χ0) is 38.2. The predicted octanol–water partition coefficient (Wildman–Crippen LogP) is 11.3. The molecule has 0 rings (SSSR count). The smallest absolute Gasteiger partial charge is 0.462 e. The fourth-order valence-electron chi connectivity index (χ4n) is 5.15. The average molecular weight is 752 g/mol. The second-order valence-electron chi connectivity index (χ2n) is 13.2. The fourth-order valence-corrected chi connectivity index (χ4v) is 5.91. The third-order valence-electron chi connectivity index (χ3n) is 8.17. The lowest BCUT2D eigenvalue weighted by Gasteiger charge is -2.19. The molecule has 0 aromatic heterocycles. The van der Waals surface area contributed by atoms with E-state index in [4.69, 9.17) is 24.3 Å². The number of phosphoric ester groups is 1. The molecule has 10 heteroatoms. The van der Waals surface area contributed by atoms with Crippen molar-refractivity contribution in [3.05, 3.63) is 60.8 Å². The molecule has 0 bridgehead atoms. The first-order valence-corrected chi connectivity index (χ1v) is 21.8. The number of unbranched alkanes of at least 4 members (excludes halogenated alkanes) is 14. The molecule has 0 aliphatic rings. The third-order valence-corrected chi connectivity index (χ3v) is 9.15. The summed E-state index contributed by atoms with van der Waals surface area (Å²) >= 11 is 0. The zero-order valence-corrected chi connectivity index (χ0v) is 33.7. The highest BCUT2D eigenvalue weighted by Gasteiger charge is 2.25.